The third-order valence-electron chi connectivity index (χ3n) is 3.05. The van der Waals surface area contributed by atoms with Crippen molar-refractivity contribution in [3.8, 4) is 0 Å². The summed E-state index contributed by atoms with van der Waals surface area (Å²) < 4.78 is 2.55. The molecule has 0 radical (unpaired) electrons. The van der Waals surface area contributed by atoms with Crippen molar-refractivity contribution in [3.63, 3.8) is 0 Å². The number of amides is 1. The Hall–Kier alpha value is -2.28. The Kier molecular flexibility index (Phi) is 3.92. The van der Waals surface area contributed by atoms with E-state index >= 15 is 0 Å². The minimum Gasteiger partial charge on any atom is -0.350 e. The van der Waals surface area contributed by atoms with Gasteiger partial charge in [-0.3, -0.25) is 14.2 Å². The van der Waals surface area contributed by atoms with Gasteiger partial charge in [-0.05, 0) is 40.0 Å². The van der Waals surface area contributed by atoms with Gasteiger partial charge in [0.15, 0.2) is 11.3 Å². The van der Waals surface area contributed by atoms with Crippen LogP contribution in [-0.2, 0) is 6.42 Å². The summed E-state index contributed by atoms with van der Waals surface area (Å²) in [5.74, 6) is -0.229. The van der Waals surface area contributed by atoms with Gasteiger partial charge in [0.25, 0.3) is 5.91 Å². The largest absolute Gasteiger partial charge is 0.350 e. The zero-order valence-electron chi connectivity index (χ0n) is 11.0. The van der Waals surface area contributed by atoms with Crippen LogP contribution in [0.3, 0.4) is 0 Å². The van der Waals surface area contributed by atoms with Crippen LogP contribution in [0.15, 0.2) is 47.7 Å². The van der Waals surface area contributed by atoms with Gasteiger partial charge in [-0.1, -0.05) is 0 Å². The van der Waals surface area contributed by atoms with Crippen molar-refractivity contribution in [3.05, 3.63) is 59.0 Å². The van der Waals surface area contributed by atoms with E-state index in [0.717, 1.165) is 16.6 Å². The molecule has 3 aromatic heterocycles. The average Bonchev–Trinajstić information content (AvgIpc) is 2.90. The number of carbonyl (C=O) groups is 1. The Labute approximate surface area is 129 Å². The van der Waals surface area contributed by atoms with Crippen LogP contribution >= 0.6 is 15.9 Å². The molecular formula is C14H12BrN5O. The van der Waals surface area contributed by atoms with Gasteiger partial charge in [0.1, 0.15) is 4.60 Å². The summed E-state index contributed by atoms with van der Waals surface area (Å²) in [6.07, 6.45) is 9.20. The van der Waals surface area contributed by atoms with Crippen LogP contribution in [0, 0.1) is 0 Å². The maximum atomic E-state index is 12.2. The first-order chi connectivity index (χ1) is 10.3. The minimum atomic E-state index is -0.229. The van der Waals surface area contributed by atoms with Crippen molar-refractivity contribution in [2.45, 2.75) is 6.42 Å². The maximum absolute atomic E-state index is 12.2. The predicted molar refractivity (Wildman–Crippen MR) is 81.0 cm³/mol. The summed E-state index contributed by atoms with van der Waals surface area (Å²) in [4.78, 5) is 24.5. The highest BCUT2D eigenvalue weighted by Crippen LogP contribution is 2.14. The van der Waals surface area contributed by atoms with Crippen molar-refractivity contribution in [2.24, 2.45) is 0 Å². The van der Waals surface area contributed by atoms with Gasteiger partial charge in [-0.25, -0.2) is 9.97 Å². The van der Waals surface area contributed by atoms with Crippen LogP contribution in [0.2, 0.25) is 0 Å². The second kappa shape index (κ2) is 6.01. The zero-order valence-corrected chi connectivity index (χ0v) is 12.6. The summed E-state index contributed by atoms with van der Waals surface area (Å²) in [5.41, 5.74) is 1.98. The Bertz CT molecular complexity index is 771. The van der Waals surface area contributed by atoms with Crippen molar-refractivity contribution < 1.29 is 4.79 Å². The molecule has 7 heteroatoms. The van der Waals surface area contributed by atoms with Crippen LogP contribution in [0.25, 0.3) is 5.65 Å². The number of aromatic nitrogens is 4. The summed E-state index contributed by atoms with van der Waals surface area (Å²) in [6, 6.07) is 3.85. The van der Waals surface area contributed by atoms with Crippen molar-refractivity contribution in [1.29, 1.82) is 0 Å². The van der Waals surface area contributed by atoms with Gasteiger partial charge in [0, 0.05) is 31.3 Å². The number of nitrogens with one attached hydrogen (secondary N) is 1. The molecule has 1 amide bonds. The van der Waals surface area contributed by atoms with Crippen molar-refractivity contribution in [1.82, 2.24) is 24.7 Å². The number of imidazole rings is 1. The van der Waals surface area contributed by atoms with E-state index in [4.69, 9.17) is 0 Å². The molecule has 0 bridgehead atoms. The summed E-state index contributed by atoms with van der Waals surface area (Å²) >= 11 is 3.37. The molecule has 0 atom stereocenters. The first kappa shape index (κ1) is 13.7. The van der Waals surface area contributed by atoms with Gasteiger partial charge in [0.05, 0.1) is 6.20 Å². The predicted octanol–water partition coefficient (Wildman–Crippen LogP) is 1.86. The number of carbonyl (C=O) groups excluding carboxylic acids is 1. The smallest absolute Gasteiger partial charge is 0.273 e. The molecule has 6 nitrogen and oxygen atoms in total. The number of hydrogen-bond acceptors (Lipinski definition) is 4. The molecule has 0 aliphatic rings. The lowest BCUT2D eigenvalue weighted by atomic mass is 10.2. The summed E-state index contributed by atoms with van der Waals surface area (Å²) in [5, 5.41) is 2.86. The molecule has 106 valence electrons. The van der Waals surface area contributed by atoms with Crippen LogP contribution in [0.4, 0.5) is 0 Å². The van der Waals surface area contributed by atoms with Crippen LogP contribution in [-0.4, -0.2) is 31.8 Å². The van der Waals surface area contributed by atoms with E-state index < -0.39 is 0 Å². The standard InChI is InChI=1S/C14H12BrN5O/c15-11-9-19-13-12(17-7-8-20(11)13)14(21)18-6-3-10-1-4-16-5-2-10/h1-2,4-5,7-9H,3,6H2,(H,18,21). The first-order valence-corrected chi connectivity index (χ1v) is 7.19. The van der Waals surface area contributed by atoms with Gasteiger partial charge in [-0.15, -0.1) is 0 Å². The van der Waals surface area contributed by atoms with E-state index in [1.165, 1.54) is 0 Å². The molecule has 3 heterocycles. The molecule has 3 rings (SSSR count). The number of halogens is 1. The maximum Gasteiger partial charge on any atom is 0.273 e. The molecule has 0 spiro atoms. The second-order valence-electron chi connectivity index (χ2n) is 4.41. The molecule has 1 N–H and O–H groups in total. The lowest BCUT2D eigenvalue weighted by Crippen LogP contribution is -2.27. The van der Waals surface area contributed by atoms with E-state index in [0.29, 0.717) is 17.9 Å². The third-order valence-corrected chi connectivity index (χ3v) is 3.63. The lowest BCUT2D eigenvalue weighted by Gasteiger charge is -2.05. The SMILES string of the molecule is O=C(NCCc1ccncc1)c1nccn2c(Br)cnc12. The average molecular weight is 346 g/mol. The van der Waals surface area contributed by atoms with Crippen LogP contribution in [0.1, 0.15) is 16.1 Å². The second-order valence-corrected chi connectivity index (χ2v) is 5.22. The van der Waals surface area contributed by atoms with E-state index in [2.05, 4.69) is 36.2 Å². The highest BCUT2D eigenvalue weighted by molar-refractivity contribution is 9.10. The molecule has 0 fully saturated rings. The van der Waals surface area contributed by atoms with E-state index in [9.17, 15) is 4.79 Å². The number of nitrogens with zero attached hydrogens (tertiary/aromatic N) is 4. The van der Waals surface area contributed by atoms with Gasteiger partial charge in [0.2, 0.25) is 0 Å². The van der Waals surface area contributed by atoms with Crippen LogP contribution in [0.5, 0.6) is 0 Å². The molecule has 0 aliphatic carbocycles. The van der Waals surface area contributed by atoms with Gasteiger partial charge >= 0.3 is 0 Å². The molecule has 0 saturated carbocycles. The fourth-order valence-corrected chi connectivity index (χ4v) is 2.39. The van der Waals surface area contributed by atoms with E-state index in [1.54, 1.807) is 35.4 Å². The monoisotopic (exact) mass is 345 g/mol. The normalized spacial score (nSPS) is 10.7. The molecule has 0 aromatic carbocycles. The lowest BCUT2D eigenvalue weighted by molar-refractivity contribution is 0.0950. The Morgan fingerprint density at radius 2 is 2.05 bits per heavy atom. The zero-order chi connectivity index (χ0) is 14.7. The Balaban J connectivity index is 1.70. The minimum absolute atomic E-state index is 0.229. The number of rotatable bonds is 4. The van der Waals surface area contributed by atoms with Crippen molar-refractivity contribution in [2.75, 3.05) is 6.54 Å². The number of hydrogen-bond donors (Lipinski definition) is 1. The van der Waals surface area contributed by atoms with E-state index in [1.807, 2.05) is 12.1 Å². The van der Waals surface area contributed by atoms with Crippen molar-refractivity contribution >= 4 is 27.5 Å². The topological polar surface area (TPSA) is 72.2 Å². The third kappa shape index (κ3) is 2.92. The fourth-order valence-electron chi connectivity index (χ4n) is 2.00. The summed E-state index contributed by atoms with van der Waals surface area (Å²) in [6.45, 7) is 0.535. The molecule has 0 unspecified atom stereocenters. The quantitative estimate of drug-likeness (QED) is 0.783. The Morgan fingerprint density at radius 1 is 1.24 bits per heavy atom. The highest BCUT2D eigenvalue weighted by atomic mass is 79.9. The number of fused-ring (bicyclic) bond motifs is 1. The summed E-state index contributed by atoms with van der Waals surface area (Å²) in [7, 11) is 0. The molecule has 0 saturated heterocycles. The van der Waals surface area contributed by atoms with E-state index in [-0.39, 0.29) is 5.91 Å². The van der Waals surface area contributed by atoms with Crippen LogP contribution < -0.4 is 5.32 Å². The molecule has 3 aromatic rings. The first-order valence-electron chi connectivity index (χ1n) is 6.40. The highest BCUT2D eigenvalue weighted by Gasteiger charge is 2.14. The fraction of sp³-hybridized carbons (Fsp3) is 0.143. The molecule has 0 aliphatic heterocycles. The Morgan fingerprint density at radius 3 is 2.86 bits per heavy atom. The van der Waals surface area contributed by atoms with Gasteiger partial charge < -0.3 is 5.32 Å². The molecule has 21 heavy (non-hydrogen) atoms. The number of pyridine rings is 1. The van der Waals surface area contributed by atoms with Gasteiger partial charge in [-0.2, -0.15) is 0 Å². The molecular weight excluding hydrogens is 334 g/mol.